The lowest BCUT2D eigenvalue weighted by atomic mass is 10.2. The van der Waals surface area contributed by atoms with Crippen molar-refractivity contribution in [1.29, 1.82) is 0 Å². The van der Waals surface area contributed by atoms with E-state index in [0.717, 1.165) is 26.9 Å². The molecule has 0 fully saturated rings. The van der Waals surface area contributed by atoms with Crippen LogP contribution in [0, 0.1) is 13.8 Å². The molecule has 0 spiro atoms. The maximum absolute atomic E-state index is 12.7. The number of nitrogens with zero attached hydrogens (tertiary/aromatic N) is 1. The van der Waals surface area contributed by atoms with Crippen LogP contribution in [0.5, 0.6) is 0 Å². The summed E-state index contributed by atoms with van der Waals surface area (Å²) >= 11 is 7.61. The van der Waals surface area contributed by atoms with Gasteiger partial charge in [-0.25, -0.2) is 0 Å². The Balaban J connectivity index is 1.87. The van der Waals surface area contributed by atoms with Crippen LogP contribution in [0.1, 0.15) is 21.6 Å². The number of hydrogen-bond donors (Lipinski definition) is 2. The number of anilines is 1. The minimum absolute atomic E-state index is 0.205. The Morgan fingerprint density at radius 3 is 2.62 bits per heavy atom. The number of benzene rings is 2. The number of aryl methyl sites for hydroxylation is 3. The first-order valence-electron chi connectivity index (χ1n) is 7.95. The van der Waals surface area contributed by atoms with E-state index in [2.05, 4.69) is 10.0 Å². The van der Waals surface area contributed by atoms with Crippen molar-refractivity contribution >= 4 is 52.5 Å². The number of rotatable bonds is 5. The number of amides is 2. The summed E-state index contributed by atoms with van der Waals surface area (Å²) in [6, 6.07) is 11.2. The Bertz CT molecular complexity index is 1010. The molecule has 0 saturated carbocycles. The van der Waals surface area contributed by atoms with E-state index in [0.29, 0.717) is 22.8 Å². The molecule has 0 unspecified atom stereocenters. The molecule has 2 amide bonds. The number of fused-ring (bicyclic) bond motifs is 1. The van der Waals surface area contributed by atoms with Gasteiger partial charge in [0.1, 0.15) is 5.69 Å². The van der Waals surface area contributed by atoms with Crippen LogP contribution in [0.2, 0.25) is 5.02 Å². The molecule has 2 aromatic carbocycles. The normalized spacial score (nSPS) is 10.8. The molecule has 0 aliphatic heterocycles. The second-order valence-electron chi connectivity index (χ2n) is 5.99. The van der Waals surface area contributed by atoms with E-state index in [1.165, 1.54) is 11.9 Å². The van der Waals surface area contributed by atoms with Gasteiger partial charge in [-0.3, -0.25) is 14.3 Å². The lowest BCUT2D eigenvalue weighted by molar-refractivity contribution is -0.107. The van der Waals surface area contributed by atoms with E-state index < -0.39 is 0 Å². The SMILES string of the molecule is Cc1cc(NC(=O)c2cc3c(Cl)c(C)ccc3n2C)ccc1SNC=O. The minimum atomic E-state index is -0.205. The maximum Gasteiger partial charge on any atom is 0.272 e. The lowest BCUT2D eigenvalue weighted by Gasteiger charge is -2.09. The molecule has 134 valence electrons. The quantitative estimate of drug-likeness (QED) is 0.502. The molecule has 0 bridgehead atoms. The van der Waals surface area contributed by atoms with Gasteiger partial charge < -0.3 is 9.88 Å². The van der Waals surface area contributed by atoms with Gasteiger partial charge in [0.25, 0.3) is 5.91 Å². The fourth-order valence-electron chi connectivity index (χ4n) is 2.83. The highest BCUT2D eigenvalue weighted by molar-refractivity contribution is 7.98. The summed E-state index contributed by atoms with van der Waals surface area (Å²) in [5.74, 6) is -0.205. The molecule has 0 aliphatic carbocycles. The van der Waals surface area contributed by atoms with E-state index in [4.69, 9.17) is 11.6 Å². The van der Waals surface area contributed by atoms with Crippen LogP contribution in [-0.2, 0) is 11.8 Å². The first kappa shape index (κ1) is 18.4. The highest BCUT2D eigenvalue weighted by atomic mass is 35.5. The number of carbonyl (C=O) groups is 2. The monoisotopic (exact) mass is 387 g/mol. The summed E-state index contributed by atoms with van der Waals surface area (Å²) in [4.78, 5) is 24.1. The van der Waals surface area contributed by atoms with Crippen LogP contribution in [0.15, 0.2) is 41.3 Å². The second-order valence-corrected chi connectivity index (χ2v) is 7.25. The Kier molecular flexibility index (Phi) is 5.25. The first-order chi connectivity index (χ1) is 12.4. The van der Waals surface area contributed by atoms with Crippen LogP contribution in [-0.4, -0.2) is 16.9 Å². The molecular formula is C19H18ClN3O2S. The Labute approximate surface area is 160 Å². The van der Waals surface area contributed by atoms with Gasteiger partial charge in [-0.15, -0.1) is 0 Å². The van der Waals surface area contributed by atoms with E-state index >= 15 is 0 Å². The molecule has 0 aliphatic rings. The lowest BCUT2D eigenvalue weighted by Crippen LogP contribution is -2.15. The molecule has 5 nitrogen and oxygen atoms in total. The largest absolute Gasteiger partial charge is 0.340 e. The van der Waals surface area contributed by atoms with Crippen LogP contribution in [0.4, 0.5) is 5.69 Å². The predicted molar refractivity (Wildman–Crippen MR) is 107 cm³/mol. The third-order valence-electron chi connectivity index (χ3n) is 4.24. The third-order valence-corrected chi connectivity index (χ3v) is 5.63. The number of carbonyl (C=O) groups excluding carboxylic acids is 2. The first-order valence-corrected chi connectivity index (χ1v) is 9.14. The molecule has 0 radical (unpaired) electrons. The average Bonchev–Trinajstić information content (AvgIpc) is 2.95. The summed E-state index contributed by atoms with van der Waals surface area (Å²) in [5.41, 5.74) is 4.07. The van der Waals surface area contributed by atoms with Gasteiger partial charge >= 0.3 is 0 Å². The molecule has 1 aromatic heterocycles. The number of hydrogen-bond acceptors (Lipinski definition) is 3. The number of halogens is 1. The third kappa shape index (κ3) is 3.43. The number of nitrogens with one attached hydrogen (secondary N) is 2. The number of aromatic nitrogens is 1. The standard InChI is InChI=1S/C19H18ClN3O2S/c1-11-4-6-15-14(18(11)20)9-16(23(15)3)19(25)22-13-5-7-17(12(2)8-13)26-21-10-24/h4-10H,1-3H3,(H,21,24)(H,22,25). The highest BCUT2D eigenvalue weighted by Crippen LogP contribution is 2.30. The summed E-state index contributed by atoms with van der Waals surface area (Å²) < 4.78 is 4.39. The summed E-state index contributed by atoms with van der Waals surface area (Å²) in [5, 5.41) is 4.44. The van der Waals surface area contributed by atoms with Crippen molar-refractivity contribution < 1.29 is 9.59 Å². The maximum atomic E-state index is 12.7. The topological polar surface area (TPSA) is 63.1 Å². The van der Waals surface area contributed by atoms with Crippen molar-refractivity contribution in [2.75, 3.05) is 5.32 Å². The van der Waals surface area contributed by atoms with E-state index in [-0.39, 0.29) is 5.91 Å². The van der Waals surface area contributed by atoms with E-state index in [1.54, 1.807) is 6.07 Å². The van der Waals surface area contributed by atoms with E-state index in [9.17, 15) is 9.59 Å². The molecule has 1 heterocycles. The highest BCUT2D eigenvalue weighted by Gasteiger charge is 2.16. The van der Waals surface area contributed by atoms with Crippen LogP contribution < -0.4 is 10.0 Å². The van der Waals surface area contributed by atoms with Crippen LogP contribution in [0.3, 0.4) is 0 Å². The Morgan fingerprint density at radius 2 is 1.92 bits per heavy atom. The van der Waals surface area contributed by atoms with Crippen molar-refractivity contribution in [1.82, 2.24) is 9.29 Å². The zero-order valence-electron chi connectivity index (χ0n) is 14.6. The van der Waals surface area contributed by atoms with Crippen LogP contribution in [0.25, 0.3) is 10.9 Å². The molecule has 0 saturated heterocycles. The Morgan fingerprint density at radius 1 is 1.15 bits per heavy atom. The van der Waals surface area contributed by atoms with Crippen molar-refractivity contribution in [2.45, 2.75) is 18.7 Å². The smallest absolute Gasteiger partial charge is 0.272 e. The molecule has 7 heteroatoms. The van der Waals surface area contributed by atoms with Crippen molar-refractivity contribution in [3.05, 3.63) is 58.2 Å². The second kappa shape index (κ2) is 7.43. The fraction of sp³-hybridized carbons (Fsp3) is 0.158. The van der Waals surface area contributed by atoms with Gasteiger partial charge in [-0.1, -0.05) is 17.7 Å². The van der Waals surface area contributed by atoms with Gasteiger partial charge in [-0.2, -0.15) is 0 Å². The average molecular weight is 388 g/mol. The summed E-state index contributed by atoms with van der Waals surface area (Å²) in [6.07, 6.45) is 0.632. The van der Waals surface area contributed by atoms with Gasteiger partial charge in [0, 0.05) is 28.5 Å². The van der Waals surface area contributed by atoms with Crippen molar-refractivity contribution in [2.24, 2.45) is 7.05 Å². The molecule has 0 atom stereocenters. The van der Waals surface area contributed by atoms with Gasteiger partial charge in [0.05, 0.1) is 5.02 Å². The van der Waals surface area contributed by atoms with Crippen LogP contribution >= 0.6 is 23.5 Å². The van der Waals surface area contributed by atoms with Crippen molar-refractivity contribution in [3.63, 3.8) is 0 Å². The zero-order valence-corrected chi connectivity index (χ0v) is 16.2. The summed E-state index contributed by atoms with van der Waals surface area (Å²) in [7, 11) is 1.85. The predicted octanol–water partition coefficient (Wildman–Crippen LogP) is 4.45. The van der Waals surface area contributed by atoms with Gasteiger partial charge in [0.15, 0.2) is 0 Å². The Hall–Kier alpha value is -2.44. The van der Waals surface area contributed by atoms with Crippen molar-refractivity contribution in [3.8, 4) is 0 Å². The van der Waals surface area contributed by atoms with Gasteiger partial charge in [-0.05, 0) is 67.3 Å². The van der Waals surface area contributed by atoms with Gasteiger partial charge in [0.2, 0.25) is 6.41 Å². The van der Waals surface area contributed by atoms with E-state index in [1.807, 2.05) is 55.8 Å². The summed E-state index contributed by atoms with van der Waals surface area (Å²) in [6.45, 7) is 3.86. The molecular weight excluding hydrogens is 370 g/mol. The minimum Gasteiger partial charge on any atom is -0.340 e. The molecule has 3 aromatic rings. The fourth-order valence-corrected chi connectivity index (χ4v) is 3.57. The molecule has 3 rings (SSSR count). The zero-order chi connectivity index (χ0) is 18.8. The molecule has 2 N–H and O–H groups in total. The molecule has 26 heavy (non-hydrogen) atoms.